The number of hydrogen-bond acceptors (Lipinski definition) is 4. The van der Waals surface area contributed by atoms with Crippen molar-refractivity contribution in [1.29, 1.82) is 0 Å². The second-order valence-electron chi connectivity index (χ2n) is 6.25. The fraction of sp³-hybridized carbons (Fsp3) is 0.238. The molecule has 140 valence electrons. The van der Waals surface area contributed by atoms with Gasteiger partial charge >= 0.3 is 0 Å². The molecule has 3 rings (SSSR count). The number of ether oxygens (including phenoxy) is 1. The van der Waals surface area contributed by atoms with Gasteiger partial charge in [0.25, 0.3) is 0 Å². The highest BCUT2D eigenvalue weighted by molar-refractivity contribution is 9.10. The monoisotopic (exact) mass is 443 g/mol. The van der Waals surface area contributed by atoms with Crippen LogP contribution in [-0.2, 0) is 18.9 Å². The van der Waals surface area contributed by atoms with Gasteiger partial charge in [0.1, 0.15) is 12.4 Å². The fourth-order valence-electron chi connectivity index (χ4n) is 2.57. The van der Waals surface area contributed by atoms with E-state index < -0.39 is 0 Å². The average Bonchev–Trinajstić information content (AvgIpc) is 3.03. The van der Waals surface area contributed by atoms with Crippen LogP contribution in [0.25, 0.3) is 0 Å². The van der Waals surface area contributed by atoms with Crippen molar-refractivity contribution in [3.8, 4) is 5.75 Å². The number of rotatable bonds is 8. The van der Waals surface area contributed by atoms with Gasteiger partial charge in [-0.1, -0.05) is 52.0 Å². The Bertz CT molecular complexity index is 939. The molecule has 27 heavy (non-hydrogen) atoms. The van der Waals surface area contributed by atoms with Crippen molar-refractivity contribution in [2.24, 2.45) is 0 Å². The van der Waals surface area contributed by atoms with Crippen molar-refractivity contribution < 1.29 is 4.74 Å². The highest BCUT2D eigenvalue weighted by Crippen LogP contribution is 2.24. The first-order chi connectivity index (χ1) is 13.1. The van der Waals surface area contributed by atoms with Gasteiger partial charge < -0.3 is 4.74 Å². The van der Waals surface area contributed by atoms with Crippen molar-refractivity contribution in [1.82, 2.24) is 14.8 Å². The first-order valence-electron chi connectivity index (χ1n) is 8.67. The molecule has 3 aromatic rings. The van der Waals surface area contributed by atoms with Crippen LogP contribution >= 0.6 is 27.7 Å². The maximum absolute atomic E-state index is 5.93. The van der Waals surface area contributed by atoms with E-state index in [1.165, 1.54) is 16.7 Å². The van der Waals surface area contributed by atoms with E-state index in [-0.39, 0.29) is 0 Å². The lowest BCUT2D eigenvalue weighted by atomic mass is 10.1. The standard InChI is InChI=1S/C21H22BrN3OS/c1-4-10-25-20(13-26-19-9-8-15(2)16(3)11-19)23-24-21(25)27-14-17-6-5-7-18(22)12-17/h4-9,11-12H,1,10,13-14H2,2-3H3. The second-order valence-corrected chi connectivity index (χ2v) is 8.11. The molecule has 0 unspecified atom stereocenters. The van der Waals surface area contributed by atoms with E-state index in [2.05, 4.69) is 69.3 Å². The van der Waals surface area contributed by atoms with Crippen LogP contribution in [0.5, 0.6) is 5.75 Å². The number of allylic oxidation sites excluding steroid dienone is 1. The van der Waals surface area contributed by atoms with E-state index in [1.807, 2.05) is 30.3 Å². The highest BCUT2D eigenvalue weighted by atomic mass is 79.9. The number of thioether (sulfide) groups is 1. The highest BCUT2D eigenvalue weighted by Gasteiger charge is 2.13. The topological polar surface area (TPSA) is 39.9 Å². The van der Waals surface area contributed by atoms with Crippen molar-refractivity contribution in [2.75, 3.05) is 0 Å². The summed E-state index contributed by atoms with van der Waals surface area (Å²) < 4.78 is 9.07. The Balaban J connectivity index is 1.70. The Morgan fingerprint density at radius 1 is 1.15 bits per heavy atom. The number of halogens is 1. The van der Waals surface area contributed by atoms with E-state index in [0.29, 0.717) is 13.2 Å². The summed E-state index contributed by atoms with van der Waals surface area (Å²) in [4.78, 5) is 0. The summed E-state index contributed by atoms with van der Waals surface area (Å²) in [6, 6.07) is 14.4. The number of hydrogen-bond donors (Lipinski definition) is 0. The molecule has 1 aromatic heterocycles. The molecule has 2 aromatic carbocycles. The first kappa shape index (κ1) is 19.7. The Morgan fingerprint density at radius 3 is 2.74 bits per heavy atom. The lowest BCUT2D eigenvalue weighted by Crippen LogP contribution is -2.07. The van der Waals surface area contributed by atoms with Gasteiger partial charge in [0.15, 0.2) is 11.0 Å². The largest absolute Gasteiger partial charge is 0.486 e. The molecular formula is C21H22BrN3OS. The minimum atomic E-state index is 0.376. The minimum Gasteiger partial charge on any atom is -0.486 e. The average molecular weight is 444 g/mol. The van der Waals surface area contributed by atoms with Gasteiger partial charge in [-0.15, -0.1) is 16.8 Å². The lowest BCUT2D eigenvalue weighted by Gasteiger charge is -2.10. The molecule has 1 heterocycles. The number of aromatic nitrogens is 3. The molecular weight excluding hydrogens is 422 g/mol. The van der Waals surface area contributed by atoms with Crippen LogP contribution in [0.15, 0.2) is 64.7 Å². The third kappa shape index (κ3) is 5.23. The van der Waals surface area contributed by atoms with Crippen LogP contribution in [0.3, 0.4) is 0 Å². The molecule has 0 aliphatic carbocycles. The normalized spacial score (nSPS) is 10.8. The van der Waals surface area contributed by atoms with Gasteiger partial charge in [0.05, 0.1) is 0 Å². The van der Waals surface area contributed by atoms with Crippen LogP contribution in [0.1, 0.15) is 22.5 Å². The summed E-state index contributed by atoms with van der Waals surface area (Å²) in [6.45, 7) is 9.06. The van der Waals surface area contributed by atoms with Gasteiger partial charge in [-0.25, -0.2) is 0 Å². The van der Waals surface area contributed by atoms with Crippen LogP contribution in [0.4, 0.5) is 0 Å². The second kappa shape index (κ2) is 9.24. The summed E-state index contributed by atoms with van der Waals surface area (Å²) in [6.07, 6.45) is 1.85. The smallest absolute Gasteiger partial charge is 0.191 e. The summed E-state index contributed by atoms with van der Waals surface area (Å²) in [7, 11) is 0. The molecule has 0 saturated carbocycles. The predicted molar refractivity (Wildman–Crippen MR) is 114 cm³/mol. The zero-order valence-corrected chi connectivity index (χ0v) is 17.9. The summed E-state index contributed by atoms with van der Waals surface area (Å²) in [5, 5.41) is 9.55. The molecule has 0 fully saturated rings. The van der Waals surface area contributed by atoms with Crippen LogP contribution < -0.4 is 4.74 Å². The minimum absolute atomic E-state index is 0.376. The Kier molecular flexibility index (Phi) is 6.74. The third-order valence-corrected chi connectivity index (χ3v) is 5.74. The van der Waals surface area contributed by atoms with Gasteiger partial charge in [-0.3, -0.25) is 4.57 Å². The molecule has 0 radical (unpaired) electrons. The van der Waals surface area contributed by atoms with E-state index >= 15 is 0 Å². The maximum atomic E-state index is 5.93. The zero-order valence-electron chi connectivity index (χ0n) is 15.5. The molecule has 0 aliphatic heterocycles. The lowest BCUT2D eigenvalue weighted by molar-refractivity contribution is 0.289. The number of benzene rings is 2. The Hall–Kier alpha value is -2.05. The van der Waals surface area contributed by atoms with Crippen molar-refractivity contribution in [3.05, 3.63) is 82.1 Å². The molecule has 0 saturated heterocycles. The predicted octanol–water partition coefficient (Wildman–Crippen LogP) is 5.71. The van der Waals surface area contributed by atoms with Crippen LogP contribution in [-0.4, -0.2) is 14.8 Å². The van der Waals surface area contributed by atoms with Crippen LogP contribution in [0, 0.1) is 13.8 Å². The number of nitrogens with zero attached hydrogens (tertiary/aromatic N) is 3. The third-order valence-electron chi connectivity index (χ3n) is 4.21. The number of aryl methyl sites for hydroxylation is 2. The van der Waals surface area contributed by atoms with E-state index in [9.17, 15) is 0 Å². The van der Waals surface area contributed by atoms with Crippen molar-refractivity contribution >= 4 is 27.7 Å². The summed E-state index contributed by atoms with van der Waals surface area (Å²) in [5.74, 6) is 2.46. The SMILES string of the molecule is C=CCn1c(COc2ccc(C)c(C)c2)nnc1SCc1cccc(Br)c1. The van der Waals surface area contributed by atoms with E-state index in [4.69, 9.17) is 4.74 Å². The molecule has 0 atom stereocenters. The van der Waals surface area contributed by atoms with E-state index in [1.54, 1.807) is 11.8 Å². The fourth-order valence-corrected chi connectivity index (χ4v) is 3.93. The Labute approximate surface area is 172 Å². The van der Waals surface area contributed by atoms with Crippen molar-refractivity contribution in [2.45, 2.75) is 37.9 Å². The zero-order chi connectivity index (χ0) is 19.2. The van der Waals surface area contributed by atoms with Gasteiger partial charge in [-0.05, 0) is 54.8 Å². The van der Waals surface area contributed by atoms with Crippen molar-refractivity contribution in [3.63, 3.8) is 0 Å². The molecule has 6 heteroatoms. The molecule has 4 nitrogen and oxygen atoms in total. The van der Waals surface area contributed by atoms with Gasteiger partial charge in [0, 0.05) is 16.8 Å². The Morgan fingerprint density at radius 2 is 2.00 bits per heavy atom. The summed E-state index contributed by atoms with van der Waals surface area (Å²) in [5.41, 5.74) is 3.70. The molecule has 0 spiro atoms. The maximum Gasteiger partial charge on any atom is 0.191 e. The molecule has 0 N–H and O–H groups in total. The van der Waals surface area contributed by atoms with Crippen LogP contribution in [0.2, 0.25) is 0 Å². The molecule has 0 bridgehead atoms. The van der Waals surface area contributed by atoms with E-state index in [0.717, 1.165) is 27.0 Å². The molecule has 0 amide bonds. The summed E-state index contributed by atoms with van der Waals surface area (Å²) >= 11 is 5.17. The molecule has 0 aliphatic rings. The quantitative estimate of drug-likeness (QED) is 0.329. The van der Waals surface area contributed by atoms with Gasteiger partial charge in [0.2, 0.25) is 0 Å². The first-order valence-corrected chi connectivity index (χ1v) is 10.4. The van der Waals surface area contributed by atoms with Gasteiger partial charge in [-0.2, -0.15) is 0 Å².